The van der Waals surface area contributed by atoms with Gasteiger partial charge in [-0.25, -0.2) is 0 Å². The van der Waals surface area contributed by atoms with Gasteiger partial charge in [0.15, 0.2) is 0 Å². The Morgan fingerprint density at radius 2 is 1.95 bits per heavy atom. The molecule has 0 unspecified atom stereocenters. The largest absolute Gasteiger partial charge is 0.354 e. The predicted octanol–water partition coefficient (Wildman–Crippen LogP) is 2.96. The number of hydrogen-bond acceptors (Lipinski definition) is 2. The van der Waals surface area contributed by atoms with Crippen LogP contribution in [0.4, 0.5) is 5.69 Å². The SMILES string of the molecule is CC(=O)N(CCNC(=O)CC(C)C)c1ccccc1Br. The molecule has 1 aromatic rings. The molecule has 0 aromatic heterocycles. The van der Waals surface area contributed by atoms with E-state index in [9.17, 15) is 9.59 Å². The monoisotopic (exact) mass is 340 g/mol. The normalized spacial score (nSPS) is 10.4. The summed E-state index contributed by atoms with van der Waals surface area (Å²) in [5, 5.41) is 2.84. The van der Waals surface area contributed by atoms with Gasteiger partial charge in [-0.1, -0.05) is 26.0 Å². The van der Waals surface area contributed by atoms with Gasteiger partial charge in [-0.3, -0.25) is 9.59 Å². The van der Waals surface area contributed by atoms with Crippen molar-refractivity contribution in [3.05, 3.63) is 28.7 Å². The fourth-order valence-corrected chi connectivity index (χ4v) is 2.37. The summed E-state index contributed by atoms with van der Waals surface area (Å²) >= 11 is 3.44. The summed E-state index contributed by atoms with van der Waals surface area (Å²) in [6, 6.07) is 7.55. The van der Waals surface area contributed by atoms with Crippen molar-refractivity contribution in [2.45, 2.75) is 27.2 Å². The Morgan fingerprint density at radius 3 is 2.50 bits per heavy atom. The standard InChI is InChI=1S/C15H21BrN2O2/c1-11(2)10-15(20)17-8-9-18(12(3)19)14-7-5-4-6-13(14)16/h4-7,11H,8-10H2,1-3H3,(H,17,20). The highest BCUT2D eigenvalue weighted by Crippen LogP contribution is 2.25. The van der Waals surface area contributed by atoms with Crippen LogP contribution in [-0.4, -0.2) is 24.9 Å². The number of para-hydroxylation sites is 1. The number of rotatable bonds is 6. The van der Waals surface area contributed by atoms with Crippen molar-refractivity contribution in [3.8, 4) is 0 Å². The third-order valence-electron chi connectivity index (χ3n) is 2.77. The fraction of sp³-hybridized carbons (Fsp3) is 0.467. The first-order chi connectivity index (χ1) is 9.41. The molecule has 0 fully saturated rings. The maximum Gasteiger partial charge on any atom is 0.223 e. The van der Waals surface area contributed by atoms with E-state index < -0.39 is 0 Å². The summed E-state index contributed by atoms with van der Waals surface area (Å²) in [6.07, 6.45) is 0.509. The number of hydrogen-bond donors (Lipinski definition) is 1. The Bertz CT molecular complexity index is 475. The van der Waals surface area contributed by atoms with Crippen molar-refractivity contribution in [2.75, 3.05) is 18.0 Å². The van der Waals surface area contributed by atoms with Crippen LogP contribution in [0.1, 0.15) is 27.2 Å². The maximum absolute atomic E-state index is 11.7. The highest BCUT2D eigenvalue weighted by Gasteiger charge is 2.14. The first kappa shape index (κ1) is 16.7. The van der Waals surface area contributed by atoms with E-state index in [1.54, 1.807) is 4.90 Å². The first-order valence-corrected chi connectivity index (χ1v) is 7.50. The second-order valence-electron chi connectivity index (χ2n) is 5.07. The van der Waals surface area contributed by atoms with Crippen LogP contribution >= 0.6 is 15.9 Å². The zero-order valence-electron chi connectivity index (χ0n) is 12.1. The van der Waals surface area contributed by atoms with Crippen LogP contribution in [0.25, 0.3) is 0 Å². The first-order valence-electron chi connectivity index (χ1n) is 6.71. The van der Waals surface area contributed by atoms with Crippen molar-refractivity contribution >= 4 is 33.4 Å². The molecule has 0 aliphatic carbocycles. The van der Waals surface area contributed by atoms with Gasteiger partial charge in [-0.2, -0.15) is 0 Å². The molecule has 2 amide bonds. The molecule has 0 aliphatic heterocycles. The number of carbonyl (C=O) groups excluding carboxylic acids is 2. The summed E-state index contributed by atoms with van der Waals surface area (Å²) in [6.45, 7) is 6.44. The van der Waals surface area contributed by atoms with Crippen molar-refractivity contribution in [1.82, 2.24) is 5.32 Å². The van der Waals surface area contributed by atoms with Gasteiger partial charge in [-0.15, -0.1) is 0 Å². The fourth-order valence-electron chi connectivity index (χ4n) is 1.87. The topological polar surface area (TPSA) is 49.4 Å². The highest BCUT2D eigenvalue weighted by molar-refractivity contribution is 9.10. The third kappa shape index (κ3) is 5.33. The molecule has 110 valence electrons. The van der Waals surface area contributed by atoms with E-state index in [1.807, 2.05) is 38.1 Å². The average Bonchev–Trinajstić information content (AvgIpc) is 2.34. The number of benzene rings is 1. The summed E-state index contributed by atoms with van der Waals surface area (Å²) in [5.74, 6) is 0.313. The van der Waals surface area contributed by atoms with Gasteiger partial charge in [0.2, 0.25) is 11.8 Å². The van der Waals surface area contributed by atoms with Gasteiger partial charge in [-0.05, 0) is 34.0 Å². The number of carbonyl (C=O) groups is 2. The lowest BCUT2D eigenvalue weighted by Crippen LogP contribution is -2.38. The average molecular weight is 341 g/mol. The number of nitrogens with zero attached hydrogens (tertiary/aromatic N) is 1. The van der Waals surface area contributed by atoms with Crippen molar-refractivity contribution in [1.29, 1.82) is 0 Å². The molecular formula is C15H21BrN2O2. The van der Waals surface area contributed by atoms with E-state index in [4.69, 9.17) is 0 Å². The number of nitrogens with one attached hydrogen (secondary N) is 1. The van der Waals surface area contributed by atoms with Crippen molar-refractivity contribution < 1.29 is 9.59 Å². The van der Waals surface area contributed by atoms with Crippen LogP contribution < -0.4 is 10.2 Å². The van der Waals surface area contributed by atoms with E-state index in [0.29, 0.717) is 25.4 Å². The highest BCUT2D eigenvalue weighted by atomic mass is 79.9. The van der Waals surface area contributed by atoms with Crippen LogP contribution in [0.15, 0.2) is 28.7 Å². The molecule has 0 saturated heterocycles. The molecule has 0 heterocycles. The Hall–Kier alpha value is -1.36. The van der Waals surface area contributed by atoms with E-state index in [0.717, 1.165) is 10.2 Å². The molecule has 5 heteroatoms. The molecule has 0 bridgehead atoms. The Balaban J connectivity index is 2.60. The van der Waals surface area contributed by atoms with Gasteiger partial charge in [0.1, 0.15) is 0 Å². The lowest BCUT2D eigenvalue weighted by molar-refractivity contribution is -0.122. The van der Waals surface area contributed by atoms with Gasteiger partial charge >= 0.3 is 0 Å². The molecular weight excluding hydrogens is 320 g/mol. The molecule has 1 aromatic carbocycles. The van der Waals surface area contributed by atoms with Crippen LogP contribution in [0.2, 0.25) is 0 Å². The molecule has 20 heavy (non-hydrogen) atoms. The Morgan fingerprint density at radius 1 is 1.30 bits per heavy atom. The van der Waals surface area contributed by atoms with E-state index in [-0.39, 0.29) is 11.8 Å². The quantitative estimate of drug-likeness (QED) is 0.865. The number of halogens is 1. The van der Waals surface area contributed by atoms with Crippen LogP contribution in [0.3, 0.4) is 0 Å². The molecule has 1 N–H and O–H groups in total. The summed E-state index contributed by atoms with van der Waals surface area (Å²) in [5.41, 5.74) is 0.818. The number of amides is 2. The van der Waals surface area contributed by atoms with Gasteiger partial charge in [0.25, 0.3) is 0 Å². The number of anilines is 1. The smallest absolute Gasteiger partial charge is 0.223 e. The minimum atomic E-state index is -0.0463. The van der Waals surface area contributed by atoms with E-state index >= 15 is 0 Å². The lowest BCUT2D eigenvalue weighted by Gasteiger charge is -2.22. The molecule has 0 spiro atoms. The van der Waals surface area contributed by atoms with Gasteiger partial charge in [0.05, 0.1) is 5.69 Å². The third-order valence-corrected chi connectivity index (χ3v) is 3.45. The summed E-state index contributed by atoms with van der Waals surface area (Å²) in [7, 11) is 0. The Kier molecular flexibility index (Phi) is 6.71. The minimum absolute atomic E-state index is 0.0237. The lowest BCUT2D eigenvalue weighted by atomic mass is 10.1. The van der Waals surface area contributed by atoms with Gasteiger partial charge in [0, 0.05) is 30.9 Å². The molecule has 4 nitrogen and oxygen atoms in total. The zero-order chi connectivity index (χ0) is 15.1. The molecule has 0 saturated carbocycles. The molecule has 0 radical (unpaired) electrons. The second kappa shape index (κ2) is 8.04. The van der Waals surface area contributed by atoms with Crippen LogP contribution in [0, 0.1) is 5.92 Å². The van der Waals surface area contributed by atoms with Crippen LogP contribution in [-0.2, 0) is 9.59 Å². The molecule has 1 rings (SSSR count). The van der Waals surface area contributed by atoms with Crippen molar-refractivity contribution in [2.24, 2.45) is 5.92 Å². The predicted molar refractivity (Wildman–Crippen MR) is 84.6 cm³/mol. The zero-order valence-corrected chi connectivity index (χ0v) is 13.7. The molecule has 0 aliphatic rings. The summed E-state index contributed by atoms with van der Waals surface area (Å²) in [4.78, 5) is 25.0. The van der Waals surface area contributed by atoms with E-state index in [1.165, 1.54) is 6.92 Å². The van der Waals surface area contributed by atoms with Crippen molar-refractivity contribution in [3.63, 3.8) is 0 Å². The van der Waals surface area contributed by atoms with Gasteiger partial charge < -0.3 is 10.2 Å². The Labute approximate surface area is 128 Å². The summed E-state index contributed by atoms with van der Waals surface area (Å²) < 4.78 is 0.865. The van der Waals surface area contributed by atoms with Crippen LogP contribution in [0.5, 0.6) is 0 Å². The molecule has 0 atom stereocenters. The minimum Gasteiger partial charge on any atom is -0.354 e. The maximum atomic E-state index is 11.7. The van der Waals surface area contributed by atoms with E-state index in [2.05, 4.69) is 21.2 Å². The second-order valence-corrected chi connectivity index (χ2v) is 5.92.